The van der Waals surface area contributed by atoms with Gasteiger partial charge in [0.25, 0.3) is 0 Å². The van der Waals surface area contributed by atoms with Crippen LogP contribution in [0, 0.1) is 45.3 Å². The molecule has 0 saturated carbocycles. The molecular weight excluding hydrogens is 502 g/mol. The van der Waals surface area contributed by atoms with Crippen LogP contribution in [0.2, 0.25) is 0 Å². The van der Waals surface area contributed by atoms with E-state index < -0.39 is 0 Å². The van der Waals surface area contributed by atoms with Crippen molar-refractivity contribution in [2.45, 2.75) is 0 Å². The highest BCUT2D eigenvalue weighted by Crippen LogP contribution is 2.36. The number of hydrogen-bond acceptors (Lipinski definition) is 11. The van der Waals surface area contributed by atoms with Gasteiger partial charge in [-0.2, -0.15) is 21.0 Å². The van der Waals surface area contributed by atoms with Crippen LogP contribution in [0.4, 0.5) is 34.9 Å². The number of anilines is 6. The Morgan fingerprint density at radius 1 is 0.425 bits per heavy atom. The Kier molecular flexibility index (Phi) is 6.96. The normalized spacial score (nSPS) is 9.90. The molecule has 0 bridgehead atoms. The van der Waals surface area contributed by atoms with Crippen molar-refractivity contribution >= 4 is 34.9 Å². The SMILES string of the molecule is N#Cc1ccnc(N(c2cc(C#N)ccn2)c2cccc(N(c3cc(C#N)ccn3)c3cc(C#N)ccn3)n2)c1. The molecule has 0 fully saturated rings. The third-order valence-corrected chi connectivity index (χ3v) is 5.59. The van der Waals surface area contributed by atoms with Crippen LogP contribution in [0.3, 0.4) is 0 Å². The molecule has 186 valence electrons. The first-order chi connectivity index (χ1) is 19.6. The number of aromatic nitrogens is 5. The molecule has 0 aromatic carbocycles. The van der Waals surface area contributed by atoms with Gasteiger partial charge in [0.05, 0.1) is 46.5 Å². The van der Waals surface area contributed by atoms with Gasteiger partial charge in [-0.1, -0.05) is 6.07 Å². The van der Waals surface area contributed by atoms with Crippen LogP contribution in [0.25, 0.3) is 0 Å². The lowest BCUT2D eigenvalue weighted by molar-refractivity contribution is 1.05. The number of nitrogens with zero attached hydrogens (tertiary/aromatic N) is 11. The summed E-state index contributed by atoms with van der Waals surface area (Å²) in [6, 6.07) is 26.3. The van der Waals surface area contributed by atoms with Gasteiger partial charge in [0.2, 0.25) is 0 Å². The minimum Gasteiger partial charge on any atom is -0.262 e. The standard InChI is InChI=1S/C29H15N11/c30-16-20-4-8-34-26(12-20)39(27-13-21(17-31)5-9-35-27)24-2-1-3-25(38-24)40(28-14-22(18-32)6-10-36-28)29-15-23(19-33)7-11-37-29/h1-15H. The molecule has 0 saturated heterocycles. The topological polar surface area (TPSA) is 166 Å². The van der Waals surface area contributed by atoms with Gasteiger partial charge in [-0.15, -0.1) is 0 Å². The molecule has 0 N–H and O–H groups in total. The highest BCUT2D eigenvalue weighted by Gasteiger charge is 2.22. The van der Waals surface area contributed by atoms with E-state index in [1.165, 1.54) is 24.8 Å². The third kappa shape index (κ3) is 5.07. The summed E-state index contributed by atoms with van der Waals surface area (Å²) in [6.45, 7) is 0. The van der Waals surface area contributed by atoms with E-state index in [0.717, 1.165) is 0 Å². The molecule has 5 heterocycles. The second-order valence-corrected chi connectivity index (χ2v) is 8.08. The van der Waals surface area contributed by atoms with Crippen molar-refractivity contribution in [2.24, 2.45) is 0 Å². The van der Waals surface area contributed by atoms with Crippen LogP contribution in [0.1, 0.15) is 22.3 Å². The van der Waals surface area contributed by atoms with E-state index in [1.54, 1.807) is 76.5 Å². The fraction of sp³-hybridized carbons (Fsp3) is 0. The molecule has 5 rings (SSSR count). The quantitative estimate of drug-likeness (QED) is 0.294. The zero-order valence-corrected chi connectivity index (χ0v) is 20.6. The lowest BCUT2D eigenvalue weighted by Gasteiger charge is -2.26. The Morgan fingerprint density at radius 3 is 1.00 bits per heavy atom. The zero-order valence-electron chi connectivity index (χ0n) is 20.6. The van der Waals surface area contributed by atoms with E-state index >= 15 is 0 Å². The van der Waals surface area contributed by atoms with E-state index in [4.69, 9.17) is 4.98 Å². The highest BCUT2D eigenvalue weighted by molar-refractivity contribution is 5.75. The molecule has 0 spiro atoms. The lowest BCUT2D eigenvalue weighted by Crippen LogP contribution is -2.18. The Morgan fingerprint density at radius 2 is 0.725 bits per heavy atom. The molecule has 0 aliphatic heterocycles. The summed E-state index contributed by atoms with van der Waals surface area (Å²) < 4.78 is 0. The largest absolute Gasteiger partial charge is 0.262 e. The van der Waals surface area contributed by atoms with Crippen molar-refractivity contribution in [1.82, 2.24) is 24.9 Å². The molecule has 0 radical (unpaired) electrons. The van der Waals surface area contributed by atoms with Crippen molar-refractivity contribution in [2.75, 3.05) is 9.80 Å². The first-order valence-electron chi connectivity index (χ1n) is 11.7. The first kappa shape index (κ1) is 25.0. The lowest BCUT2D eigenvalue weighted by atomic mass is 10.2. The van der Waals surface area contributed by atoms with E-state index in [9.17, 15) is 21.0 Å². The third-order valence-electron chi connectivity index (χ3n) is 5.59. The summed E-state index contributed by atoms with van der Waals surface area (Å²) in [4.78, 5) is 25.8. The number of rotatable bonds is 6. The summed E-state index contributed by atoms with van der Waals surface area (Å²) in [5, 5.41) is 37.9. The van der Waals surface area contributed by atoms with Crippen molar-refractivity contribution in [3.8, 4) is 24.3 Å². The first-order valence-corrected chi connectivity index (χ1v) is 11.7. The Hall–Kier alpha value is -6.69. The second-order valence-electron chi connectivity index (χ2n) is 8.08. The summed E-state index contributed by atoms with van der Waals surface area (Å²) in [5.41, 5.74) is 1.50. The molecule has 0 aliphatic carbocycles. The summed E-state index contributed by atoms with van der Waals surface area (Å²) in [6.07, 6.45) is 6.00. The van der Waals surface area contributed by atoms with E-state index in [-0.39, 0.29) is 0 Å². The average molecular weight is 518 g/mol. The molecule has 11 nitrogen and oxygen atoms in total. The Balaban J connectivity index is 1.72. The molecule has 5 aromatic heterocycles. The maximum absolute atomic E-state index is 9.48. The van der Waals surface area contributed by atoms with Gasteiger partial charge in [0.15, 0.2) is 0 Å². The van der Waals surface area contributed by atoms with E-state index in [1.807, 2.05) is 0 Å². The number of nitriles is 4. The summed E-state index contributed by atoms with van der Waals surface area (Å²) in [5.74, 6) is 2.14. The van der Waals surface area contributed by atoms with Crippen LogP contribution in [-0.2, 0) is 0 Å². The van der Waals surface area contributed by atoms with Crippen LogP contribution < -0.4 is 9.80 Å². The summed E-state index contributed by atoms with van der Waals surface area (Å²) in [7, 11) is 0. The monoisotopic (exact) mass is 517 g/mol. The minimum atomic E-state index is 0.354. The molecule has 0 aliphatic rings. The van der Waals surface area contributed by atoms with Gasteiger partial charge in [0, 0.05) is 24.8 Å². The number of pyridine rings is 5. The van der Waals surface area contributed by atoms with Gasteiger partial charge >= 0.3 is 0 Å². The average Bonchev–Trinajstić information content (AvgIpc) is 3.02. The van der Waals surface area contributed by atoms with Crippen LogP contribution in [0.15, 0.2) is 91.5 Å². The van der Waals surface area contributed by atoms with Crippen molar-refractivity contribution in [3.05, 3.63) is 114 Å². The molecule has 11 heteroatoms. The zero-order chi connectivity index (χ0) is 27.9. The maximum atomic E-state index is 9.48. The Bertz CT molecular complexity index is 1640. The maximum Gasteiger partial charge on any atom is 0.142 e. The van der Waals surface area contributed by atoms with Crippen LogP contribution >= 0.6 is 0 Å². The van der Waals surface area contributed by atoms with E-state index in [2.05, 4.69) is 44.2 Å². The van der Waals surface area contributed by atoms with Gasteiger partial charge in [-0.3, -0.25) is 9.80 Å². The van der Waals surface area contributed by atoms with Gasteiger partial charge < -0.3 is 0 Å². The molecule has 0 atom stereocenters. The fourth-order valence-corrected chi connectivity index (χ4v) is 3.81. The fourth-order valence-electron chi connectivity index (χ4n) is 3.81. The molecule has 0 amide bonds. The predicted octanol–water partition coefficient (Wildman–Crippen LogP) is 5.09. The smallest absolute Gasteiger partial charge is 0.142 e. The minimum absolute atomic E-state index is 0.354. The van der Waals surface area contributed by atoms with Crippen molar-refractivity contribution in [3.63, 3.8) is 0 Å². The van der Waals surface area contributed by atoms with Gasteiger partial charge in [-0.25, -0.2) is 24.9 Å². The highest BCUT2D eigenvalue weighted by atomic mass is 15.3. The molecular formula is C29H15N11. The van der Waals surface area contributed by atoms with Crippen LogP contribution in [0.5, 0.6) is 0 Å². The van der Waals surface area contributed by atoms with Crippen LogP contribution in [-0.4, -0.2) is 24.9 Å². The van der Waals surface area contributed by atoms with Crippen molar-refractivity contribution in [1.29, 1.82) is 21.0 Å². The van der Waals surface area contributed by atoms with E-state index in [0.29, 0.717) is 57.2 Å². The molecule has 0 unspecified atom stereocenters. The summed E-state index contributed by atoms with van der Waals surface area (Å²) >= 11 is 0. The van der Waals surface area contributed by atoms with Crippen molar-refractivity contribution < 1.29 is 0 Å². The van der Waals surface area contributed by atoms with Gasteiger partial charge in [-0.05, 0) is 60.7 Å². The molecule has 5 aromatic rings. The molecule has 40 heavy (non-hydrogen) atoms. The second kappa shape index (κ2) is 11.1. The van der Waals surface area contributed by atoms with Gasteiger partial charge in [0.1, 0.15) is 34.9 Å². The Labute approximate surface area is 228 Å². The predicted molar refractivity (Wildman–Crippen MR) is 144 cm³/mol. The number of hydrogen-bond donors (Lipinski definition) is 0.